The molecule has 1 aromatic carbocycles. The van der Waals surface area contributed by atoms with Crippen molar-refractivity contribution in [2.24, 2.45) is 5.41 Å². The third-order valence-electron chi connectivity index (χ3n) is 8.11. The fraction of sp³-hybridized carbons (Fsp3) is 0.607. The molecule has 3 unspecified atom stereocenters. The number of rotatable bonds is 3. The SMILES string of the molecule is CC(C)c1nc2c(c3c1C(c1ccc(C(F)(F)C(F)(F)F)cc1)OC31CCCC1I)[C@@H](O)CC(C)(C)C2. The van der Waals surface area contributed by atoms with Gasteiger partial charge in [0.15, 0.2) is 0 Å². The summed E-state index contributed by atoms with van der Waals surface area (Å²) in [7, 11) is 0. The molecule has 4 atom stereocenters. The van der Waals surface area contributed by atoms with Crippen LogP contribution in [0.4, 0.5) is 22.0 Å². The van der Waals surface area contributed by atoms with Gasteiger partial charge in [0.25, 0.3) is 0 Å². The average molecular weight is 635 g/mol. The van der Waals surface area contributed by atoms with Gasteiger partial charge in [-0.25, -0.2) is 0 Å². The van der Waals surface area contributed by atoms with Gasteiger partial charge in [0.1, 0.15) is 11.7 Å². The van der Waals surface area contributed by atoms with Crippen LogP contribution in [0.5, 0.6) is 0 Å². The van der Waals surface area contributed by atoms with Crippen molar-refractivity contribution >= 4 is 22.6 Å². The van der Waals surface area contributed by atoms with E-state index in [1.807, 2.05) is 13.8 Å². The lowest BCUT2D eigenvalue weighted by Gasteiger charge is -2.39. The second-order valence-corrected chi connectivity index (χ2v) is 13.3. The average Bonchev–Trinajstić information content (AvgIpc) is 3.32. The van der Waals surface area contributed by atoms with Crippen LogP contribution in [0.15, 0.2) is 24.3 Å². The van der Waals surface area contributed by atoms with Gasteiger partial charge in [-0.3, -0.25) is 4.98 Å². The summed E-state index contributed by atoms with van der Waals surface area (Å²) >= 11 is 2.40. The molecule has 1 fully saturated rings. The third kappa shape index (κ3) is 4.22. The van der Waals surface area contributed by atoms with Crippen LogP contribution in [0.2, 0.25) is 0 Å². The molecule has 9 heteroatoms. The predicted octanol–water partition coefficient (Wildman–Crippen LogP) is 8.17. The Morgan fingerprint density at radius 3 is 2.27 bits per heavy atom. The van der Waals surface area contributed by atoms with Crippen LogP contribution in [0.25, 0.3) is 0 Å². The lowest BCUT2D eigenvalue weighted by atomic mass is 9.70. The summed E-state index contributed by atoms with van der Waals surface area (Å²) < 4.78 is 73.8. The van der Waals surface area contributed by atoms with Gasteiger partial charge in [-0.05, 0) is 49.0 Å². The third-order valence-corrected chi connectivity index (χ3v) is 9.74. The van der Waals surface area contributed by atoms with Gasteiger partial charge in [0.05, 0.1) is 6.10 Å². The number of ether oxygens (including phenoxy) is 1. The van der Waals surface area contributed by atoms with Crippen molar-refractivity contribution < 1.29 is 31.8 Å². The summed E-state index contributed by atoms with van der Waals surface area (Å²) in [5.74, 6) is -4.92. The number of fused-ring (bicyclic) bond motifs is 4. The Morgan fingerprint density at radius 2 is 1.73 bits per heavy atom. The normalized spacial score (nSPS) is 29.1. The molecule has 3 nitrogen and oxygen atoms in total. The Bertz CT molecular complexity index is 1210. The predicted molar refractivity (Wildman–Crippen MR) is 138 cm³/mol. The first-order valence-electron chi connectivity index (χ1n) is 12.7. The Balaban J connectivity index is 1.71. The van der Waals surface area contributed by atoms with Crippen LogP contribution in [-0.4, -0.2) is 20.2 Å². The molecule has 1 saturated carbocycles. The molecular weight excluding hydrogens is 604 g/mol. The number of pyridine rings is 1. The Morgan fingerprint density at radius 1 is 1.08 bits per heavy atom. The zero-order valence-electron chi connectivity index (χ0n) is 21.2. The zero-order chi connectivity index (χ0) is 27.1. The molecule has 0 radical (unpaired) electrons. The molecule has 0 saturated heterocycles. The molecule has 1 aliphatic heterocycles. The van der Waals surface area contributed by atoms with Crippen molar-refractivity contribution in [3.63, 3.8) is 0 Å². The van der Waals surface area contributed by atoms with Gasteiger partial charge in [-0.15, -0.1) is 0 Å². The first kappa shape index (κ1) is 27.2. The molecule has 5 rings (SSSR count). The first-order valence-corrected chi connectivity index (χ1v) is 14.0. The van der Waals surface area contributed by atoms with E-state index in [-0.39, 0.29) is 15.3 Å². The largest absolute Gasteiger partial charge is 0.458 e. The van der Waals surface area contributed by atoms with E-state index in [2.05, 4.69) is 36.4 Å². The summed E-state index contributed by atoms with van der Waals surface area (Å²) in [6.45, 7) is 8.30. The van der Waals surface area contributed by atoms with E-state index in [1.54, 1.807) is 0 Å². The van der Waals surface area contributed by atoms with Gasteiger partial charge in [-0.2, -0.15) is 22.0 Å². The van der Waals surface area contributed by atoms with Crippen molar-refractivity contribution in [1.82, 2.24) is 4.98 Å². The minimum atomic E-state index is -5.68. The number of aliphatic hydroxyl groups excluding tert-OH is 1. The monoisotopic (exact) mass is 635 g/mol. The number of hydrogen-bond donors (Lipinski definition) is 1. The number of halogens is 6. The quantitative estimate of drug-likeness (QED) is 0.210. The fourth-order valence-electron chi connectivity index (χ4n) is 6.43. The maximum atomic E-state index is 14.0. The van der Waals surface area contributed by atoms with Crippen LogP contribution in [0.1, 0.15) is 111 Å². The molecule has 1 N–H and O–H groups in total. The fourth-order valence-corrected chi connectivity index (χ4v) is 7.64. The Labute approximate surface area is 227 Å². The number of nitrogens with zero attached hydrogens (tertiary/aromatic N) is 1. The number of benzene rings is 1. The standard InChI is InChI=1S/C28H31F5INO2/c1-14(2)23-21-22(20-17(35-23)12-25(3,4)13-18(20)36)26(11-5-6-19(26)34)37-24(21)15-7-9-16(10-8-15)27(29,30)28(31,32)33/h7-10,14,18-19,24,36H,5-6,11-13H2,1-4H3/t18-,19?,24?,26?/m0/s1. The summed E-state index contributed by atoms with van der Waals surface area (Å²) in [5, 5.41) is 11.4. The van der Waals surface area contributed by atoms with Crippen molar-refractivity contribution in [3.05, 3.63) is 63.5 Å². The molecule has 1 aromatic heterocycles. The van der Waals surface area contributed by atoms with Crippen LogP contribution < -0.4 is 0 Å². The Hall–Kier alpha value is -1.33. The molecule has 37 heavy (non-hydrogen) atoms. The zero-order valence-corrected chi connectivity index (χ0v) is 23.4. The number of hydrogen-bond acceptors (Lipinski definition) is 3. The van der Waals surface area contributed by atoms with Crippen molar-refractivity contribution in [3.8, 4) is 0 Å². The second kappa shape index (κ2) is 8.84. The molecule has 0 amide bonds. The number of alkyl halides is 6. The van der Waals surface area contributed by atoms with Crippen LogP contribution >= 0.6 is 22.6 Å². The van der Waals surface area contributed by atoms with Crippen molar-refractivity contribution in [1.29, 1.82) is 0 Å². The lowest BCUT2D eigenvalue weighted by Crippen LogP contribution is -2.35. The highest BCUT2D eigenvalue weighted by Gasteiger charge is 2.59. The van der Waals surface area contributed by atoms with E-state index in [1.165, 1.54) is 12.1 Å². The van der Waals surface area contributed by atoms with Crippen LogP contribution in [-0.2, 0) is 22.7 Å². The molecule has 2 aromatic rings. The minimum Gasteiger partial charge on any atom is -0.388 e. The smallest absolute Gasteiger partial charge is 0.388 e. The molecule has 3 aliphatic rings. The van der Waals surface area contributed by atoms with Gasteiger partial charge >= 0.3 is 12.1 Å². The van der Waals surface area contributed by atoms with E-state index in [9.17, 15) is 27.1 Å². The molecule has 202 valence electrons. The first-order chi connectivity index (χ1) is 17.1. The minimum absolute atomic E-state index is 0.0189. The maximum absolute atomic E-state index is 14.0. The number of aromatic nitrogens is 1. The number of aliphatic hydroxyl groups is 1. The molecule has 0 bridgehead atoms. The van der Waals surface area contributed by atoms with Crippen LogP contribution in [0.3, 0.4) is 0 Å². The molecule has 2 aliphatic carbocycles. The van der Waals surface area contributed by atoms with E-state index in [4.69, 9.17) is 9.72 Å². The summed E-state index contributed by atoms with van der Waals surface area (Å²) in [4.78, 5) is 5.06. The van der Waals surface area contributed by atoms with Gasteiger partial charge in [-0.1, -0.05) is 74.6 Å². The van der Waals surface area contributed by atoms with Crippen molar-refractivity contribution in [2.45, 2.75) is 99.5 Å². The lowest BCUT2D eigenvalue weighted by molar-refractivity contribution is -0.289. The second-order valence-electron chi connectivity index (χ2n) is 11.8. The van der Waals surface area contributed by atoms with E-state index >= 15 is 0 Å². The summed E-state index contributed by atoms with van der Waals surface area (Å²) in [5.41, 5.74) is 2.96. The van der Waals surface area contributed by atoms with E-state index in [0.29, 0.717) is 12.0 Å². The van der Waals surface area contributed by atoms with Gasteiger partial charge < -0.3 is 9.84 Å². The molecular formula is C28H31F5INO2. The highest BCUT2D eigenvalue weighted by atomic mass is 127. The van der Waals surface area contributed by atoms with E-state index < -0.39 is 35.5 Å². The topological polar surface area (TPSA) is 42.4 Å². The van der Waals surface area contributed by atoms with E-state index in [0.717, 1.165) is 65.9 Å². The van der Waals surface area contributed by atoms with Gasteiger partial charge in [0, 0.05) is 37.6 Å². The maximum Gasteiger partial charge on any atom is 0.458 e. The summed E-state index contributed by atoms with van der Waals surface area (Å²) in [6, 6.07) is 4.29. The highest BCUT2D eigenvalue weighted by Crippen LogP contribution is 2.61. The highest BCUT2D eigenvalue weighted by molar-refractivity contribution is 14.1. The van der Waals surface area contributed by atoms with Crippen LogP contribution in [0, 0.1) is 5.41 Å². The molecule has 1 spiro atoms. The van der Waals surface area contributed by atoms with Crippen molar-refractivity contribution in [2.75, 3.05) is 0 Å². The molecule has 2 heterocycles. The summed E-state index contributed by atoms with van der Waals surface area (Å²) in [6.07, 6.45) is -3.13. The Kier molecular flexibility index (Phi) is 6.51. The van der Waals surface area contributed by atoms with Gasteiger partial charge in [0.2, 0.25) is 0 Å².